The maximum Gasteiger partial charge on any atom is 0.416 e. The molecule has 206 valence electrons. The molecule has 2 aromatic carbocycles. The summed E-state index contributed by atoms with van der Waals surface area (Å²) in [4.78, 5) is 15.0. The molecule has 0 aliphatic carbocycles. The van der Waals surface area contributed by atoms with E-state index >= 15 is 0 Å². The average molecular weight is 554 g/mol. The van der Waals surface area contributed by atoms with Crippen LogP contribution in [-0.2, 0) is 19.3 Å². The van der Waals surface area contributed by atoms with Crippen LogP contribution in [0.5, 0.6) is 17.2 Å². The van der Waals surface area contributed by atoms with Crippen molar-refractivity contribution in [3.05, 3.63) is 63.9 Å². The fourth-order valence-corrected chi connectivity index (χ4v) is 4.99. The van der Waals surface area contributed by atoms with Crippen LogP contribution < -0.4 is 25.1 Å². The number of piperidine rings is 1. The first-order valence-corrected chi connectivity index (χ1v) is 12.4. The number of nitrogens with one attached hydrogen (secondary N) is 1. The quantitative estimate of drug-likeness (QED) is 0.466. The van der Waals surface area contributed by atoms with Crippen LogP contribution in [0.15, 0.2) is 47.3 Å². The van der Waals surface area contributed by atoms with Crippen LogP contribution >= 0.6 is 12.4 Å². The molecule has 5 rings (SSSR count). The van der Waals surface area contributed by atoms with Gasteiger partial charge in [-0.2, -0.15) is 13.2 Å². The Morgan fingerprint density at radius 1 is 1.00 bits per heavy atom. The minimum Gasteiger partial charge on any atom is -0.496 e. The first-order valence-electron chi connectivity index (χ1n) is 12.4. The van der Waals surface area contributed by atoms with Gasteiger partial charge < -0.3 is 29.0 Å². The van der Waals surface area contributed by atoms with Crippen molar-refractivity contribution in [1.29, 1.82) is 0 Å². The lowest BCUT2D eigenvalue weighted by Gasteiger charge is -2.32. The molecule has 0 unspecified atom stereocenters. The second-order valence-corrected chi connectivity index (χ2v) is 9.41. The molecule has 3 heterocycles. The number of likely N-dealkylation sites (tertiary alicyclic amines) is 1. The van der Waals surface area contributed by atoms with E-state index in [9.17, 15) is 18.0 Å². The Labute approximate surface area is 224 Å². The zero-order chi connectivity index (χ0) is 26.0. The molecule has 1 saturated heterocycles. The predicted octanol–water partition coefficient (Wildman–Crippen LogP) is 4.48. The summed E-state index contributed by atoms with van der Waals surface area (Å²) >= 11 is 0. The molecule has 0 bridgehead atoms. The molecule has 0 amide bonds. The van der Waals surface area contributed by atoms with E-state index in [0.29, 0.717) is 37.7 Å². The Balaban J connectivity index is 0.00000336. The van der Waals surface area contributed by atoms with Crippen LogP contribution in [0, 0.1) is 0 Å². The average Bonchev–Trinajstić information content (AvgIpc) is 2.90. The van der Waals surface area contributed by atoms with Crippen molar-refractivity contribution < 1.29 is 27.4 Å². The van der Waals surface area contributed by atoms with E-state index in [2.05, 4.69) is 10.2 Å². The number of benzene rings is 2. The molecule has 3 aromatic rings. The second-order valence-electron chi connectivity index (χ2n) is 9.41. The van der Waals surface area contributed by atoms with Crippen molar-refractivity contribution in [3.63, 3.8) is 0 Å². The van der Waals surface area contributed by atoms with Crippen LogP contribution in [0.3, 0.4) is 0 Å². The number of alkyl halides is 3. The first-order chi connectivity index (χ1) is 17.8. The van der Waals surface area contributed by atoms with Gasteiger partial charge in [0, 0.05) is 37.1 Å². The highest BCUT2D eigenvalue weighted by atomic mass is 35.5. The summed E-state index contributed by atoms with van der Waals surface area (Å²) < 4.78 is 57.9. The van der Waals surface area contributed by atoms with Gasteiger partial charge in [-0.05, 0) is 61.8 Å². The highest BCUT2D eigenvalue weighted by Crippen LogP contribution is 2.33. The topological polar surface area (TPSA) is 65.0 Å². The van der Waals surface area contributed by atoms with Gasteiger partial charge in [-0.1, -0.05) is 6.07 Å². The van der Waals surface area contributed by atoms with E-state index in [1.54, 1.807) is 0 Å². The van der Waals surface area contributed by atoms with Crippen LogP contribution in [0.4, 0.5) is 13.2 Å². The fourth-order valence-electron chi connectivity index (χ4n) is 4.99. The molecule has 0 saturated carbocycles. The molecule has 2 aliphatic rings. The molecule has 2 aliphatic heterocycles. The number of methoxy groups -OCH3 is 1. The summed E-state index contributed by atoms with van der Waals surface area (Å²) in [5.41, 5.74) is 0.205. The Morgan fingerprint density at radius 3 is 2.45 bits per heavy atom. The number of pyridine rings is 1. The molecule has 0 atom stereocenters. The smallest absolute Gasteiger partial charge is 0.416 e. The Kier molecular flexibility index (Phi) is 8.74. The van der Waals surface area contributed by atoms with Crippen molar-refractivity contribution in [2.45, 2.75) is 38.1 Å². The van der Waals surface area contributed by atoms with Gasteiger partial charge >= 0.3 is 6.18 Å². The van der Waals surface area contributed by atoms with Crippen LogP contribution in [0.1, 0.15) is 24.0 Å². The van der Waals surface area contributed by atoms with Crippen molar-refractivity contribution >= 4 is 23.3 Å². The highest BCUT2D eigenvalue weighted by Gasteiger charge is 2.31. The molecule has 1 fully saturated rings. The fraction of sp³-hybridized carbons (Fsp3) is 0.444. The van der Waals surface area contributed by atoms with E-state index in [4.69, 9.17) is 14.2 Å². The molecule has 0 spiro atoms. The summed E-state index contributed by atoms with van der Waals surface area (Å²) in [6, 6.07) is 11.1. The summed E-state index contributed by atoms with van der Waals surface area (Å²) in [6.07, 6.45) is -2.60. The lowest BCUT2D eigenvalue weighted by Crippen LogP contribution is -2.43. The van der Waals surface area contributed by atoms with E-state index in [1.807, 2.05) is 18.2 Å². The standard InChI is InChI=1S/C27H30F3N3O4.ClH/c1-35-24-16-26(34)33(22-15-19(27(28,29)30)3-4-21(22)24)11-10-32-8-6-20(7-9-32)31-17-18-2-5-23-25(14-18)37-13-12-36-23;/h2-5,14-16,20,31H,6-13,17H2,1H3;1H. The molecular weight excluding hydrogens is 523 g/mol. The molecule has 38 heavy (non-hydrogen) atoms. The maximum atomic E-state index is 13.3. The zero-order valence-corrected chi connectivity index (χ0v) is 21.9. The van der Waals surface area contributed by atoms with E-state index < -0.39 is 11.7 Å². The van der Waals surface area contributed by atoms with Crippen molar-refractivity contribution in [3.8, 4) is 17.2 Å². The summed E-state index contributed by atoms with van der Waals surface area (Å²) in [5, 5.41) is 4.09. The molecule has 1 aromatic heterocycles. The number of fused-ring (bicyclic) bond motifs is 2. The Morgan fingerprint density at radius 2 is 1.74 bits per heavy atom. The molecular formula is C27H31ClF3N3O4. The van der Waals surface area contributed by atoms with Crippen LogP contribution in [0.25, 0.3) is 10.9 Å². The summed E-state index contributed by atoms with van der Waals surface area (Å²) in [5.74, 6) is 1.83. The van der Waals surface area contributed by atoms with Crippen molar-refractivity contribution in [2.24, 2.45) is 0 Å². The van der Waals surface area contributed by atoms with Gasteiger partial charge in [0.1, 0.15) is 19.0 Å². The largest absolute Gasteiger partial charge is 0.496 e. The third kappa shape index (κ3) is 6.19. The second kappa shape index (κ2) is 11.8. The van der Waals surface area contributed by atoms with Gasteiger partial charge in [-0.25, -0.2) is 0 Å². The van der Waals surface area contributed by atoms with E-state index in [0.717, 1.165) is 61.7 Å². The maximum absolute atomic E-state index is 13.3. The number of hydrogen-bond donors (Lipinski definition) is 1. The van der Waals surface area contributed by atoms with Gasteiger partial charge in [0.15, 0.2) is 11.5 Å². The molecule has 7 nitrogen and oxygen atoms in total. The van der Waals surface area contributed by atoms with Gasteiger partial charge in [0.25, 0.3) is 5.56 Å². The number of nitrogens with zero attached hydrogens (tertiary/aromatic N) is 2. The van der Waals surface area contributed by atoms with E-state index in [1.165, 1.54) is 23.8 Å². The Bertz CT molecular complexity index is 1320. The molecule has 1 N–H and O–H groups in total. The third-order valence-electron chi connectivity index (χ3n) is 7.05. The minimum atomic E-state index is -4.49. The minimum absolute atomic E-state index is 0. The summed E-state index contributed by atoms with van der Waals surface area (Å²) in [7, 11) is 1.40. The van der Waals surface area contributed by atoms with Gasteiger partial charge in [-0.3, -0.25) is 4.79 Å². The Hall–Kier alpha value is -2.95. The predicted molar refractivity (Wildman–Crippen MR) is 141 cm³/mol. The van der Waals surface area contributed by atoms with E-state index in [-0.39, 0.29) is 29.2 Å². The highest BCUT2D eigenvalue weighted by molar-refractivity contribution is 5.86. The number of rotatable bonds is 7. The first kappa shape index (κ1) is 28.1. The van der Waals surface area contributed by atoms with Gasteiger partial charge in [0.2, 0.25) is 0 Å². The van der Waals surface area contributed by atoms with Gasteiger partial charge in [0.05, 0.1) is 18.2 Å². The number of aromatic nitrogens is 1. The van der Waals surface area contributed by atoms with Crippen LogP contribution in [0.2, 0.25) is 0 Å². The van der Waals surface area contributed by atoms with Crippen LogP contribution in [-0.4, -0.2) is 55.5 Å². The lowest BCUT2D eigenvalue weighted by atomic mass is 10.0. The number of halogens is 4. The lowest BCUT2D eigenvalue weighted by molar-refractivity contribution is -0.137. The monoisotopic (exact) mass is 553 g/mol. The number of ether oxygens (including phenoxy) is 3. The SMILES string of the molecule is COc1cc(=O)n(CCN2CCC(NCc3ccc4c(c3)OCCO4)CC2)c2cc(C(F)(F)F)ccc12.Cl. The van der Waals surface area contributed by atoms with Crippen molar-refractivity contribution in [2.75, 3.05) is 40.0 Å². The molecule has 11 heteroatoms. The number of hydrogen-bond acceptors (Lipinski definition) is 6. The van der Waals surface area contributed by atoms with Crippen molar-refractivity contribution in [1.82, 2.24) is 14.8 Å². The van der Waals surface area contributed by atoms with Gasteiger partial charge in [-0.15, -0.1) is 12.4 Å². The molecule has 0 radical (unpaired) electrons. The zero-order valence-electron chi connectivity index (χ0n) is 21.1. The summed E-state index contributed by atoms with van der Waals surface area (Å²) in [6.45, 7) is 4.43. The normalized spacial score (nSPS) is 16.3. The third-order valence-corrected chi connectivity index (χ3v) is 7.05.